The molecule has 0 radical (unpaired) electrons. The summed E-state index contributed by atoms with van der Waals surface area (Å²) in [6.45, 7) is 4.88. The second-order valence-electron chi connectivity index (χ2n) is 4.72. The van der Waals surface area contributed by atoms with E-state index in [4.69, 9.17) is 11.6 Å². The highest BCUT2D eigenvalue weighted by atomic mass is 35.5. The van der Waals surface area contributed by atoms with Crippen molar-refractivity contribution in [2.24, 2.45) is 0 Å². The first-order chi connectivity index (χ1) is 7.51. The number of halogens is 1. The first-order valence-corrected chi connectivity index (χ1v) is 5.96. The molecule has 1 saturated heterocycles. The van der Waals surface area contributed by atoms with Crippen LogP contribution in [0.2, 0.25) is 5.02 Å². The zero-order valence-electron chi connectivity index (χ0n) is 9.66. The number of piperidine rings is 1. The van der Waals surface area contributed by atoms with E-state index in [1.54, 1.807) is 0 Å². The van der Waals surface area contributed by atoms with E-state index in [1.165, 1.54) is 0 Å². The lowest BCUT2D eigenvalue weighted by Gasteiger charge is -2.42. The highest BCUT2D eigenvalue weighted by Gasteiger charge is 2.37. The minimum atomic E-state index is -0.414. The topological polar surface area (TPSA) is 20.3 Å². The number of ketones is 1. The number of carbonyl (C=O) groups is 1. The summed E-state index contributed by atoms with van der Waals surface area (Å²) in [6, 6.07) is 7.70. The highest BCUT2D eigenvalue weighted by Crippen LogP contribution is 2.31. The molecule has 0 N–H and O–H groups in total. The lowest BCUT2D eigenvalue weighted by atomic mass is 9.88. The Hall–Kier alpha value is -1.02. The number of hydrogen-bond donors (Lipinski definition) is 0. The van der Waals surface area contributed by atoms with Crippen LogP contribution < -0.4 is 4.90 Å². The van der Waals surface area contributed by atoms with Crippen LogP contribution in [0.5, 0.6) is 0 Å². The van der Waals surface area contributed by atoms with Gasteiger partial charge in [0.1, 0.15) is 0 Å². The number of Topliss-reactive ketones (excluding diaryl/α,β-unsaturated/α-hetero) is 1. The van der Waals surface area contributed by atoms with E-state index < -0.39 is 5.54 Å². The molecule has 1 aliphatic heterocycles. The van der Waals surface area contributed by atoms with Crippen molar-refractivity contribution >= 4 is 23.1 Å². The van der Waals surface area contributed by atoms with Crippen molar-refractivity contribution < 1.29 is 4.79 Å². The molecule has 3 heteroatoms. The van der Waals surface area contributed by atoms with Gasteiger partial charge in [0.15, 0.2) is 5.78 Å². The molecule has 0 spiro atoms. The molecular weight excluding hydrogens is 222 g/mol. The van der Waals surface area contributed by atoms with Crippen LogP contribution in [0.15, 0.2) is 24.3 Å². The number of benzene rings is 1. The van der Waals surface area contributed by atoms with Crippen molar-refractivity contribution in [3.63, 3.8) is 0 Å². The number of rotatable bonds is 1. The van der Waals surface area contributed by atoms with Gasteiger partial charge in [-0.15, -0.1) is 0 Å². The van der Waals surface area contributed by atoms with Gasteiger partial charge in [-0.05, 0) is 38.5 Å². The van der Waals surface area contributed by atoms with Gasteiger partial charge in [0, 0.05) is 23.7 Å². The molecule has 16 heavy (non-hydrogen) atoms. The average Bonchev–Trinajstić information content (AvgIpc) is 2.22. The third kappa shape index (κ3) is 1.94. The van der Waals surface area contributed by atoms with Crippen LogP contribution in [-0.4, -0.2) is 17.9 Å². The van der Waals surface area contributed by atoms with Gasteiger partial charge in [-0.3, -0.25) is 4.79 Å². The Labute approximate surface area is 101 Å². The molecule has 2 rings (SSSR count). The SMILES string of the molecule is CC1(C)C(=O)CCCN1c1cccc(Cl)c1. The molecule has 1 fully saturated rings. The summed E-state index contributed by atoms with van der Waals surface area (Å²) in [4.78, 5) is 14.1. The molecular formula is C13H16ClNO. The third-order valence-electron chi connectivity index (χ3n) is 3.26. The number of nitrogens with zero attached hydrogens (tertiary/aromatic N) is 1. The van der Waals surface area contributed by atoms with Crippen LogP contribution in [-0.2, 0) is 4.79 Å². The molecule has 0 amide bonds. The molecule has 1 aromatic carbocycles. The van der Waals surface area contributed by atoms with Gasteiger partial charge in [-0.2, -0.15) is 0 Å². The summed E-state index contributed by atoms with van der Waals surface area (Å²) in [5.41, 5.74) is 0.619. The van der Waals surface area contributed by atoms with Gasteiger partial charge < -0.3 is 4.90 Å². The van der Waals surface area contributed by atoms with Crippen LogP contribution in [0.1, 0.15) is 26.7 Å². The Morgan fingerprint density at radius 3 is 2.81 bits per heavy atom. The van der Waals surface area contributed by atoms with Crippen molar-refractivity contribution in [2.75, 3.05) is 11.4 Å². The molecule has 1 aliphatic rings. The van der Waals surface area contributed by atoms with Crippen LogP contribution in [0.25, 0.3) is 0 Å². The minimum Gasteiger partial charge on any atom is -0.359 e. The van der Waals surface area contributed by atoms with Crippen LogP contribution in [0.3, 0.4) is 0 Å². The number of hydrogen-bond acceptors (Lipinski definition) is 2. The van der Waals surface area contributed by atoms with E-state index >= 15 is 0 Å². The van der Waals surface area contributed by atoms with E-state index in [0.717, 1.165) is 18.7 Å². The summed E-state index contributed by atoms with van der Waals surface area (Å²) in [6.07, 6.45) is 1.61. The smallest absolute Gasteiger partial charge is 0.157 e. The fourth-order valence-electron chi connectivity index (χ4n) is 2.23. The molecule has 1 aromatic rings. The average molecular weight is 238 g/mol. The monoisotopic (exact) mass is 237 g/mol. The second-order valence-corrected chi connectivity index (χ2v) is 5.15. The summed E-state index contributed by atoms with van der Waals surface area (Å²) < 4.78 is 0. The molecule has 2 nitrogen and oxygen atoms in total. The van der Waals surface area contributed by atoms with Crippen molar-refractivity contribution in [3.8, 4) is 0 Å². The Morgan fingerprint density at radius 2 is 2.12 bits per heavy atom. The predicted octanol–water partition coefficient (Wildman–Crippen LogP) is 3.29. The van der Waals surface area contributed by atoms with Crippen LogP contribution in [0, 0.1) is 0 Å². The number of anilines is 1. The van der Waals surface area contributed by atoms with Crippen molar-refractivity contribution in [1.29, 1.82) is 0 Å². The summed E-state index contributed by atoms with van der Waals surface area (Å²) in [7, 11) is 0. The molecule has 0 unspecified atom stereocenters. The quantitative estimate of drug-likeness (QED) is 0.747. The lowest BCUT2D eigenvalue weighted by molar-refractivity contribution is -0.124. The first kappa shape index (κ1) is 11.5. The zero-order chi connectivity index (χ0) is 11.8. The van der Waals surface area contributed by atoms with Gasteiger partial charge in [-0.25, -0.2) is 0 Å². The second kappa shape index (κ2) is 4.10. The maximum Gasteiger partial charge on any atom is 0.157 e. The molecule has 86 valence electrons. The van der Waals surface area contributed by atoms with Gasteiger partial charge in [0.05, 0.1) is 5.54 Å². The van der Waals surface area contributed by atoms with Crippen LogP contribution >= 0.6 is 11.6 Å². The highest BCUT2D eigenvalue weighted by molar-refractivity contribution is 6.30. The largest absolute Gasteiger partial charge is 0.359 e. The molecule has 0 bridgehead atoms. The van der Waals surface area contributed by atoms with Crippen molar-refractivity contribution in [2.45, 2.75) is 32.2 Å². The predicted molar refractivity (Wildman–Crippen MR) is 67.1 cm³/mol. The molecule has 0 saturated carbocycles. The molecule has 0 aromatic heterocycles. The van der Waals surface area contributed by atoms with Crippen molar-refractivity contribution in [1.82, 2.24) is 0 Å². The summed E-state index contributed by atoms with van der Waals surface area (Å²) >= 11 is 5.98. The summed E-state index contributed by atoms with van der Waals surface area (Å²) in [5, 5.41) is 0.714. The zero-order valence-corrected chi connectivity index (χ0v) is 10.4. The maximum absolute atomic E-state index is 11.9. The molecule has 0 aliphatic carbocycles. The molecule has 1 heterocycles. The third-order valence-corrected chi connectivity index (χ3v) is 3.50. The van der Waals surface area contributed by atoms with Gasteiger partial charge >= 0.3 is 0 Å². The van der Waals surface area contributed by atoms with E-state index in [0.29, 0.717) is 17.2 Å². The first-order valence-electron chi connectivity index (χ1n) is 5.58. The van der Waals surface area contributed by atoms with Gasteiger partial charge in [0.2, 0.25) is 0 Å². The van der Waals surface area contributed by atoms with E-state index in [1.807, 2.05) is 38.1 Å². The standard InChI is InChI=1S/C13H16ClNO/c1-13(2)12(16)7-4-8-15(13)11-6-3-5-10(14)9-11/h3,5-6,9H,4,7-8H2,1-2H3. The fourth-order valence-corrected chi connectivity index (χ4v) is 2.41. The Kier molecular flexibility index (Phi) is 2.94. The molecule has 0 atom stereocenters. The maximum atomic E-state index is 11.9. The Balaban J connectivity index is 2.36. The minimum absolute atomic E-state index is 0.304. The Morgan fingerprint density at radius 1 is 1.38 bits per heavy atom. The van der Waals surface area contributed by atoms with Crippen LogP contribution in [0.4, 0.5) is 5.69 Å². The summed E-state index contributed by atoms with van der Waals surface area (Å²) in [5.74, 6) is 0.304. The van der Waals surface area contributed by atoms with E-state index in [9.17, 15) is 4.79 Å². The lowest BCUT2D eigenvalue weighted by Crippen LogP contribution is -2.54. The van der Waals surface area contributed by atoms with Crippen molar-refractivity contribution in [3.05, 3.63) is 29.3 Å². The fraction of sp³-hybridized carbons (Fsp3) is 0.462. The van der Waals surface area contributed by atoms with E-state index in [2.05, 4.69) is 4.90 Å². The van der Waals surface area contributed by atoms with Gasteiger partial charge in [0.25, 0.3) is 0 Å². The van der Waals surface area contributed by atoms with Gasteiger partial charge in [-0.1, -0.05) is 17.7 Å². The van der Waals surface area contributed by atoms with E-state index in [-0.39, 0.29) is 0 Å². The Bertz CT molecular complexity index is 414. The number of carbonyl (C=O) groups excluding carboxylic acids is 1. The normalized spacial score (nSPS) is 19.9.